The highest BCUT2D eigenvalue weighted by Gasteiger charge is 2.50. The number of phosphoric ester groups is 2. The number of H-pyrrole nitrogens is 1. The number of hydrogen-bond donors (Lipinski definition) is 2. The molecule has 0 aromatic carbocycles. The first-order valence-corrected chi connectivity index (χ1v) is 15.8. The molecule has 22 heteroatoms. The number of aliphatic hydroxyl groups excluding tert-OH is 1. The molecule has 1 aliphatic rings. The van der Waals surface area contributed by atoms with Crippen LogP contribution < -0.4 is 25.9 Å². The number of ether oxygens (including phenoxy) is 3. The fraction of sp³-hybridized carbons (Fsp3) is 0.722. The number of nitrogens with one attached hydrogen (secondary N) is 1. The summed E-state index contributed by atoms with van der Waals surface area (Å²) in [7, 11) is -17.5. The van der Waals surface area contributed by atoms with E-state index in [2.05, 4.69) is 17.7 Å². The molecule has 7 atom stereocenters. The Balaban J connectivity index is 2.34. The zero-order valence-electron chi connectivity index (χ0n) is 21.7. The maximum absolute atomic E-state index is 12.5. The second-order valence-electron chi connectivity index (χ2n) is 8.72. The van der Waals surface area contributed by atoms with Crippen molar-refractivity contribution < 1.29 is 70.2 Å². The van der Waals surface area contributed by atoms with Crippen molar-refractivity contribution in [1.82, 2.24) is 9.55 Å². The van der Waals surface area contributed by atoms with Gasteiger partial charge in [0, 0.05) is 13.1 Å². The first-order valence-electron chi connectivity index (χ1n) is 11.4. The third-order valence-corrected chi connectivity index (χ3v) is 8.98. The smallest absolute Gasteiger partial charge is 0.330 e. The molecular weight excluding hydrogens is 609 g/mol. The number of esters is 1. The summed E-state index contributed by atoms with van der Waals surface area (Å²) >= 11 is 0. The highest BCUT2D eigenvalue weighted by molar-refractivity contribution is 7.65. The van der Waals surface area contributed by atoms with Crippen molar-refractivity contribution in [3.05, 3.63) is 32.6 Å². The fourth-order valence-corrected chi connectivity index (χ4v) is 6.95. The van der Waals surface area contributed by atoms with Gasteiger partial charge in [0.15, 0.2) is 12.3 Å². The summed E-state index contributed by atoms with van der Waals surface area (Å²) < 4.78 is 69.3. The van der Waals surface area contributed by atoms with E-state index in [1.54, 1.807) is 13.8 Å². The van der Waals surface area contributed by atoms with Gasteiger partial charge >= 0.3 is 11.7 Å². The summed E-state index contributed by atoms with van der Waals surface area (Å²) in [5.74, 6) is -0.870. The van der Waals surface area contributed by atoms with Crippen LogP contribution in [0.15, 0.2) is 15.8 Å². The molecule has 0 amide bonds. The zero-order valence-corrected chi connectivity index (χ0v) is 24.4. The van der Waals surface area contributed by atoms with Crippen LogP contribution >= 0.6 is 23.5 Å². The van der Waals surface area contributed by atoms with E-state index in [1.165, 1.54) is 13.8 Å². The normalized spacial score (nSPS) is 25.9. The Bertz CT molecular complexity index is 1310. The Kier molecular flexibility index (Phi) is 11.8. The van der Waals surface area contributed by atoms with Crippen LogP contribution in [0.2, 0.25) is 0 Å². The number of nitrogens with zero attached hydrogens (tertiary/aromatic N) is 1. The van der Waals surface area contributed by atoms with Gasteiger partial charge in [-0.3, -0.25) is 32.8 Å². The number of carbonyl (C=O) groups excluding carboxylic acids is 1. The standard InChI is InChI=1S/C18H31N2O17P3/c1-9(2)32-14-13(8-31-38(25,26)36-40(29,30)37-39(27,28)35-10(3)4)34-17(15(14)33-11(5)22)20-6-12(7-21)16(23)19-18(20)24/h6,9-10,13-15,17,21H,7-8H2,1-5H3,(H,25,26)(H,27,28)(H,29,30)(H,19,23,24)/p-3/t13-,14?,15+,17-/m1/s1. The predicted octanol–water partition coefficient (Wildman–Crippen LogP) is -1.47. The first-order chi connectivity index (χ1) is 18.3. The minimum Gasteiger partial charge on any atom is -0.756 e. The Morgan fingerprint density at radius 3 is 2.17 bits per heavy atom. The lowest BCUT2D eigenvalue weighted by molar-refractivity contribution is -0.252. The highest BCUT2D eigenvalue weighted by atomic mass is 31.3. The number of aromatic nitrogens is 2. The van der Waals surface area contributed by atoms with E-state index < -0.39 is 90.6 Å². The molecule has 1 aromatic rings. The monoisotopic (exact) mass is 637 g/mol. The molecule has 2 N–H and O–H groups in total. The Morgan fingerprint density at radius 2 is 1.65 bits per heavy atom. The molecule has 1 saturated heterocycles. The highest BCUT2D eigenvalue weighted by Crippen LogP contribution is 2.63. The third-order valence-electron chi connectivity index (χ3n) is 4.64. The summed E-state index contributed by atoms with van der Waals surface area (Å²) in [6, 6.07) is 0. The van der Waals surface area contributed by atoms with Gasteiger partial charge < -0.3 is 43.0 Å². The van der Waals surface area contributed by atoms with Crippen LogP contribution in [0.1, 0.15) is 46.4 Å². The molecule has 2 heterocycles. The van der Waals surface area contributed by atoms with E-state index >= 15 is 0 Å². The Morgan fingerprint density at radius 1 is 1.05 bits per heavy atom. The second-order valence-corrected chi connectivity index (χ2v) is 13.2. The SMILES string of the molecule is CC(=O)O[C@H]1C(OC(C)C)[C@@H](COP(=O)([O-])OP(=O)([O-])OP(=O)([O-])OC(C)C)O[C@H]1n1cc(CO)c(=O)[nH]c1=O. The molecule has 1 fully saturated rings. The Hall–Kier alpha value is -1.56. The number of phosphoric acid groups is 3. The van der Waals surface area contributed by atoms with Crippen molar-refractivity contribution in [2.45, 2.75) is 78.0 Å². The quantitative estimate of drug-likeness (QED) is 0.174. The van der Waals surface area contributed by atoms with Crippen molar-refractivity contribution in [3.63, 3.8) is 0 Å². The molecule has 230 valence electrons. The van der Waals surface area contributed by atoms with Crippen LogP contribution in [-0.2, 0) is 57.0 Å². The van der Waals surface area contributed by atoms with E-state index in [9.17, 15) is 47.9 Å². The van der Waals surface area contributed by atoms with Crippen LogP contribution in [0.4, 0.5) is 0 Å². The second kappa shape index (κ2) is 13.6. The molecular formula is C18H28N2O17P3-3. The molecule has 0 spiro atoms. The van der Waals surface area contributed by atoms with Gasteiger partial charge in [-0.05, 0) is 27.7 Å². The van der Waals surface area contributed by atoms with Crippen molar-refractivity contribution in [2.75, 3.05) is 6.61 Å². The summed E-state index contributed by atoms with van der Waals surface area (Å²) in [5.41, 5.74) is -2.23. The number of aliphatic hydroxyl groups is 1. The van der Waals surface area contributed by atoms with Crippen molar-refractivity contribution in [2.24, 2.45) is 0 Å². The average Bonchev–Trinajstić information content (AvgIpc) is 3.05. The first kappa shape index (κ1) is 34.6. The molecule has 0 saturated carbocycles. The van der Waals surface area contributed by atoms with E-state index in [0.29, 0.717) is 0 Å². The van der Waals surface area contributed by atoms with Crippen LogP contribution in [0, 0.1) is 0 Å². The molecule has 1 aliphatic heterocycles. The van der Waals surface area contributed by atoms with Gasteiger partial charge in [-0.15, -0.1) is 0 Å². The number of hydrogen-bond acceptors (Lipinski definition) is 17. The molecule has 19 nitrogen and oxygen atoms in total. The third kappa shape index (κ3) is 10.1. The molecule has 1 aromatic heterocycles. The van der Waals surface area contributed by atoms with E-state index in [1.807, 2.05) is 4.98 Å². The van der Waals surface area contributed by atoms with Crippen LogP contribution in [0.5, 0.6) is 0 Å². The maximum atomic E-state index is 12.5. The van der Waals surface area contributed by atoms with Crippen LogP contribution in [0.3, 0.4) is 0 Å². The molecule has 0 bridgehead atoms. The topological polar surface area (TPSA) is 277 Å². The van der Waals surface area contributed by atoms with Gasteiger partial charge in [0.1, 0.15) is 12.2 Å². The lowest BCUT2D eigenvalue weighted by atomic mass is 10.1. The summed E-state index contributed by atoms with van der Waals surface area (Å²) in [6.45, 7) is 4.74. The summed E-state index contributed by atoms with van der Waals surface area (Å²) in [6.07, 6.45) is -6.59. The predicted molar refractivity (Wildman–Crippen MR) is 124 cm³/mol. The van der Waals surface area contributed by atoms with Crippen LogP contribution in [-0.4, -0.2) is 57.8 Å². The molecule has 40 heavy (non-hydrogen) atoms. The van der Waals surface area contributed by atoms with Crippen molar-refractivity contribution in [3.8, 4) is 0 Å². The molecule has 0 aliphatic carbocycles. The van der Waals surface area contributed by atoms with E-state index in [-0.39, 0.29) is 5.56 Å². The minimum absolute atomic E-state index is 0.272. The van der Waals surface area contributed by atoms with Gasteiger partial charge in [0.05, 0.1) is 31.0 Å². The van der Waals surface area contributed by atoms with Crippen LogP contribution in [0.25, 0.3) is 0 Å². The maximum Gasteiger partial charge on any atom is 0.330 e. The van der Waals surface area contributed by atoms with Gasteiger partial charge in [-0.2, -0.15) is 0 Å². The van der Waals surface area contributed by atoms with Gasteiger partial charge in [0.2, 0.25) is 0 Å². The van der Waals surface area contributed by atoms with Gasteiger partial charge in [-0.25, -0.2) is 13.4 Å². The van der Waals surface area contributed by atoms with Gasteiger partial charge in [0.25, 0.3) is 29.0 Å². The number of carbonyl (C=O) groups is 1. The number of rotatable bonds is 14. The number of aromatic amines is 1. The average molecular weight is 637 g/mol. The summed E-state index contributed by atoms with van der Waals surface area (Å²) in [4.78, 5) is 73.8. The molecule has 0 radical (unpaired) electrons. The summed E-state index contributed by atoms with van der Waals surface area (Å²) in [5, 5.41) is 9.40. The van der Waals surface area contributed by atoms with Crippen molar-refractivity contribution in [1.29, 1.82) is 0 Å². The minimum atomic E-state index is -6.10. The van der Waals surface area contributed by atoms with E-state index in [4.69, 9.17) is 14.2 Å². The van der Waals surface area contributed by atoms with Gasteiger partial charge in [-0.1, -0.05) is 0 Å². The van der Waals surface area contributed by atoms with Crippen molar-refractivity contribution >= 4 is 29.4 Å². The Labute approximate surface area is 226 Å². The molecule has 4 unspecified atom stereocenters. The fourth-order valence-electron chi connectivity index (χ4n) is 3.42. The lowest BCUT2D eigenvalue weighted by Crippen LogP contribution is -2.43. The zero-order chi connectivity index (χ0) is 30.6. The lowest BCUT2D eigenvalue weighted by Gasteiger charge is -2.35. The molecule has 2 rings (SSSR count). The van der Waals surface area contributed by atoms with E-state index in [0.717, 1.165) is 17.7 Å². The largest absolute Gasteiger partial charge is 0.756 e.